The van der Waals surface area contributed by atoms with Gasteiger partial charge in [-0.15, -0.1) is 0 Å². The molecule has 4 amide bonds. The number of hydrogen-bond donors (Lipinski definition) is 0. The third-order valence-corrected chi connectivity index (χ3v) is 15.9. The minimum absolute atomic E-state index is 0.107. The maximum atomic E-state index is 13.9. The number of amides is 4. The quantitative estimate of drug-likeness (QED) is 0.248. The molecule has 2 aromatic carbocycles. The third kappa shape index (κ3) is 12.5. The van der Waals surface area contributed by atoms with Gasteiger partial charge in [0.05, 0.1) is 12.1 Å². The molecule has 0 spiro atoms. The highest BCUT2D eigenvalue weighted by Crippen LogP contribution is 2.46. The van der Waals surface area contributed by atoms with Crippen molar-refractivity contribution in [1.29, 1.82) is 0 Å². The van der Waals surface area contributed by atoms with Crippen molar-refractivity contribution in [3.63, 3.8) is 0 Å². The minimum atomic E-state index is -0.481. The fraction of sp³-hybridized carbons (Fsp3) is 0.661. The summed E-state index contributed by atoms with van der Waals surface area (Å²) in [4.78, 5) is 60.0. The van der Waals surface area contributed by atoms with Gasteiger partial charge < -0.3 is 29.1 Å². The molecule has 69 heavy (non-hydrogen) atoms. The van der Waals surface area contributed by atoms with Gasteiger partial charge in [-0.1, -0.05) is 63.2 Å². The summed E-state index contributed by atoms with van der Waals surface area (Å²) in [7, 11) is 3.64. The van der Waals surface area contributed by atoms with E-state index in [0.29, 0.717) is 42.7 Å². The van der Waals surface area contributed by atoms with Crippen molar-refractivity contribution in [3.05, 3.63) is 81.4 Å². The minimum Gasteiger partial charge on any atom is -0.444 e. The van der Waals surface area contributed by atoms with E-state index < -0.39 is 11.2 Å². The molecule has 2 aliphatic heterocycles. The summed E-state index contributed by atoms with van der Waals surface area (Å²) in [6.07, 6.45) is 13.1. The monoisotopic (exact) mass is 947 g/mol. The van der Waals surface area contributed by atoms with Crippen molar-refractivity contribution < 1.29 is 28.7 Å². The summed E-state index contributed by atoms with van der Waals surface area (Å²) in [6, 6.07) is 15.9. The van der Waals surface area contributed by atoms with E-state index in [4.69, 9.17) is 9.47 Å². The molecule has 378 valence electrons. The van der Waals surface area contributed by atoms with Crippen molar-refractivity contribution in [2.45, 2.75) is 182 Å². The van der Waals surface area contributed by atoms with Crippen LogP contribution in [0.1, 0.15) is 167 Å². The SMILES string of the molecule is CCC1C2=C(CCN1C(=O)C1CCC(CN(C)C(=O)OC(C)(C)C)CC1)c1ccccc1C2.Cc1cccc2c1CC1=C2CCN(C(=O)C2CCC(CN(C)C(=O)OC(C)(C)C)CC2)C1CC(C)C. The molecule has 10 nitrogen and oxygen atoms in total. The number of nitrogens with zero attached hydrogens (tertiary/aromatic N) is 4. The highest BCUT2D eigenvalue weighted by molar-refractivity contribution is 5.86. The first-order chi connectivity index (χ1) is 32.6. The smallest absolute Gasteiger partial charge is 0.410 e. The van der Waals surface area contributed by atoms with Crippen LogP contribution in [0.15, 0.2) is 53.6 Å². The molecule has 6 aliphatic rings. The van der Waals surface area contributed by atoms with E-state index in [-0.39, 0.29) is 36.1 Å². The lowest BCUT2D eigenvalue weighted by Gasteiger charge is -2.41. The van der Waals surface area contributed by atoms with E-state index in [1.165, 1.54) is 50.1 Å². The van der Waals surface area contributed by atoms with Crippen molar-refractivity contribution >= 4 is 35.1 Å². The van der Waals surface area contributed by atoms with Crippen LogP contribution < -0.4 is 0 Å². The van der Waals surface area contributed by atoms with E-state index in [9.17, 15) is 19.2 Å². The number of aryl methyl sites for hydroxylation is 1. The molecule has 10 heteroatoms. The van der Waals surface area contributed by atoms with Crippen molar-refractivity contribution in [3.8, 4) is 0 Å². The average molecular weight is 947 g/mol. The predicted octanol–water partition coefficient (Wildman–Crippen LogP) is 12.3. The van der Waals surface area contributed by atoms with Gasteiger partial charge in [0.25, 0.3) is 0 Å². The largest absolute Gasteiger partial charge is 0.444 e. The van der Waals surface area contributed by atoms with E-state index >= 15 is 0 Å². The van der Waals surface area contributed by atoms with Crippen molar-refractivity contribution in [2.75, 3.05) is 40.3 Å². The molecular weight excluding hydrogens is 861 g/mol. The molecule has 2 saturated carbocycles. The summed E-state index contributed by atoms with van der Waals surface area (Å²) in [5, 5.41) is 0. The number of hydrogen-bond acceptors (Lipinski definition) is 6. The van der Waals surface area contributed by atoms with Crippen molar-refractivity contribution in [1.82, 2.24) is 19.6 Å². The van der Waals surface area contributed by atoms with Gasteiger partial charge in [0.15, 0.2) is 0 Å². The van der Waals surface area contributed by atoms with Gasteiger partial charge in [-0.05, 0) is 206 Å². The molecule has 0 aromatic heterocycles. The van der Waals surface area contributed by atoms with E-state index in [1.807, 2.05) is 55.6 Å². The molecule has 0 radical (unpaired) electrons. The van der Waals surface area contributed by atoms with Crippen LogP contribution in [0.25, 0.3) is 11.1 Å². The number of rotatable bonds is 9. The van der Waals surface area contributed by atoms with Gasteiger partial charge in [0.2, 0.25) is 11.8 Å². The Kier molecular flexibility index (Phi) is 16.5. The number of fused-ring (bicyclic) bond motifs is 4. The van der Waals surface area contributed by atoms with Gasteiger partial charge in [-0.2, -0.15) is 0 Å². The number of carbonyl (C=O) groups is 4. The lowest BCUT2D eigenvalue weighted by atomic mass is 9.80. The number of carbonyl (C=O) groups excluding carboxylic acids is 4. The highest BCUT2D eigenvalue weighted by Gasteiger charge is 2.42. The molecular formula is C59H86N4O6. The second-order valence-electron chi connectivity index (χ2n) is 23.9. The lowest BCUT2D eigenvalue weighted by Crippen LogP contribution is -2.48. The second-order valence-corrected chi connectivity index (χ2v) is 23.9. The van der Waals surface area contributed by atoms with Crippen LogP contribution >= 0.6 is 0 Å². The fourth-order valence-corrected chi connectivity index (χ4v) is 12.5. The Labute approximate surface area is 415 Å². The zero-order chi connectivity index (χ0) is 49.9. The van der Waals surface area contributed by atoms with E-state index in [0.717, 1.165) is 103 Å². The summed E-state index contributed by atoms with van der Waals surface area (Å²) in [6.45, 7) is 23.4. The summed E-state index contributed by atoms with van der Waals surface area (Å²) in [5.74, 6) is 2.35. The van der Waals surface area contributed by atoms with Crippen LogP contribution in [0.5, 0.6) is 0 Å². The van der Waals surface area contributed by atoms with Crippen LogP contribution in [0, 0.1) is 36.5 Å². The van der Waals surface area contributed by atoms with Gasteiger partial charge in [0, 0.05) is 52.1 Å². The van der Waals surface area contributed by atoms with Crippen LogP contribution in [0.4, 0.5) is 9.59 Å². The van der Waals surface area contributed by atoms with E-state index in [2.05, 4.69) is 80.0 Å². The second kappa shape index (κ2) is 21.8. The predicted molar refractivity (Wildman–Crippen MR) is 277 cm³/mol. The maximum absolute atomic E-state index is 13.9. The van der Waals surface area contributed by atoms with E-state index in [1.54, 1.807) is 9.80 Å². The zero-order valence-corrected chi connectivity index (χ0v) is 44.5. The fourth-order valence-electron chi connectivity index (χ4n) is 12.5. The molecule has 0 N–H and O–H groups in total. The Morgan fingerprint density at radius 1 is 0.638 bits per heavy atom. The van der Waals surface area contributed by atoms with Crippen LogP contribution in [-0.4, -0.2) is 107 Å². The standard InChI is InChI=1S/C31H46N2O3.C28H40N2O3/c1-20(2)17-28-27-18-26-21(3)9-8-10-24(26)25(27)15-16-33(28)29(34)23-13-11-22(12-14-23)19-32(7)30(35)36-31(4,5)6;1-6-25-24-17-21-9-7-8-10-22(21)23(24)15-16-30(25)26(31)20-13-11-19(12-14-20)18-29(5)27(32)33-28(2,3)4/h8-10,20,22-23,28H,11-19H2,1-7H3;7-10,19-20,25H,6,11-18H2,1-5H3. The molecule has 8 rings (SSSR count). The van der Waals surface area contributed by atoms with Gasteiger partial charge >= 0.3 is 12.2 Å². The Morgan fingerprint density at radius 3 is 1.59 bits per heavy atom. The summed E-state index contributed by atoms with van der Waals surface area (Å²) < 4.78 is 11.0. The summed E-state index contributed by atoms with van der Waals surface area (Å²) >= 11 is 0. The molecule has 2 unspecified atom stereocenters. The maximum Gasteiger partial charge on any atom is 0.410 e. The van der Waals surface area contributed by atoms with Crippen LogP contribution in [0.3, 0.4) is 0 Å². The molecule has 2 aromatic rings. The van der Waals surface area contributed by atoms with Gasteiger partial charge in [0.1, 0.15) is 11.2 Å². The molecule has 0 bridgehead atoms. The number of ether oxygens (including phenoxy) is 2. The Bertz CT molecular complexity index is 2250. The number of benzene rings is 2. The third-order valence-electron chi connectivity index (χ3n) is 15.9. The van der Waals surface area contributed by atoms with Crippen molar-refractivity contribution in [2.24, 2.45) is 29.6 Å². The lowest BCUT2D eigenvalue weighted by molar-refractivity contribution is -0.139. The highest BCUT2D eigenvalue weighted by atomic mass is 16.6. The first-order valence-electron chi connectivity index (χ1n) is 26.7. The normalized spacial score (nSPS) is 24.4. The first-order valence-corrected chi connectivity index (χ1v) is 26.7. The van der Waals surface area contributed by atoms with Gasteiger partial charge in [-0.3, -0.25) is 9.59 Å². The average Bonchev–Trinajstić information content (AvgIpc) is 3.88. The molecule has 4 aliphatic carbocycles. The molecule has 2 fully saturated rings. The first kappa shape index (κ1) is 52.2. The Balaban J connectivity index is 0.000000205. The zero-order valence-electron chi connectivity index (χ0n) is 44.5. The van der Waals surface area contributed by atoms with Crippen LogP contribution in [-0.2, 0) is 31.9 Å². The molecule has 2 atom stereocenters. The Hall–Kier alpha value is -4.60. The molecule has 0 saturated heterocycles. The Morgan fingerprint density at radius 2 is 1.10 bits per heavy atom. The summed E-state index contributed by atoms with van der Waals surface area (Å²) in [5.41, 5.74) is 12.1. The van der Waals surface area contributed by atoms with Crippen LogP contribution in [0.2, 0.25) is 0 Å². The van der Waals surface area contributed by atoms with Gasteiger partial charge in [-0.25, -0.2) is 9.59 Å². The molecule has 2 heterocycles. The topological polar surface area (TPSA) is 99.7 Å².